The van der Waals surface area contributed by atoms with Crippen molar-refractivity contribution in [2.24, 2.45) is 4.99 Å². The number of nitrogens with zero attached hydrogens (tertiary/aromatic N) is 2. The molecule has 1 unspecified atom stereocenters. The lowest BCUT2D eigenvalue weighted by atomic mass is 10.1. The van der Waals surface area contributed by atoms with Gasteiger partial charge in [0, 0.05) is 23.7 Å². The van der Waals surface area contributed by atoms with Crippen LogP contribution >= 0.6 is 23.4 Å². The molecule has 0 saturated carbocycles. The number of hydrogen-bond acceptors (Lipinski definition) is 4. The Bertz CT molecular complexity index is 1310. The molecule has 4 rings (SSSR count). The number of thioether (sulfide) groups is 1. The Balaban J connectivity index is 1.59. The molecule has 1 aliphatic rings. The van der Waals surface area contributed by atoms with Crippen molar-refractivity contribution in [3.8, 4) is 0 Å². The molecule has 192 valence electrons. The van der Waals surface area contributed by atoms with Crippen molar-refractivity contribution in [3.63, 3.8) is 0 Å². The highest BCUT2D eigenvalue weighted by Crippen LogP contribution is 2.34. The molecule has 1 fully saturated rings. The van der Waals surface area contributed by atoms with Crippen LogP contribution in [0.25, 0.3) is 0 Å². The molecule has 0 aromatic heterocycles. The number of carbonyl (C=O) groups is 2. The van der Waals surface area contributed by atoms with Gasteiger partial charge in [-0.05, 0) is 66.6 Å². The van der Waals surface area contributed by atoms with Crippen molar-refractivity contribution >= 4 is 51.7 Å². The molecule has 37 heavy (non-hydrogen) atoms. The molecule has 1 aliphatic heterocycles. The summed E-state index contributed by atoms with van der Waals surface area (Å²) in [7, 11) is 0. The van der Waals surface area contributed by atoms with Gasteiger partial charge in [0.25, 0.3) is 0 Å². The Morgan fingerprint density at radius 1 is 1.08 bits per heavy atom. The van der Waals surface area contributed by atoms with Crippen LogP contribution < -0.4 is 5.32 Å². The van der Waals surface area contributed by atoms with E-state index in [-0.39, 0.29) is 23.8 Å². The van der Waals surface area contributed by atoms with E-state index in [9.17, 15) is 27.2 Å². The summed E-state index contributed by atoms with van der Waals surface area (Å²) in [5, 5.41) is 2.44. The lowest BCUT2D eigenvalue weighted by Gasteiger charge is -2.32. The SMILES string of the molecule is O=C(Nc1ccc(F)cc1)C1CC(=O)N(CCc2ccc(Cl)cc2)C(=Nc2cccc(C(F)(F)F)c2)S1. The number of amides is 2. The Morgan fingerprint density at radius 3 is 2.46 bits per heavy atom. The first-order valence-corrected chi connectivity index (χ1v) is 12.4. The van der Waals surface area contributed by atoms with Gasteiger partial charge in [0.2, 0.25) is 11.8 Å². The minimum absolute atomic E-state index is 0.00112. The predicted molar refractivity (Wildman–Crippen MR) is 136 cm³/mol. The van der Waals surface area contributed by atoms with Gasteiger partial charge in [-0.15, -0.1) is 0 Å². The van der Waals surface area contributed by atoms with Crippen molar-refractivity contribution in [2.75, 3.05) is 11.9 Å². The van der Waals surface area contributed by atoms with Crippen molar-refractivity contribution < 1.29 is 27.2 Å². The molecule has 1 heterocycles. The average Bonchev–Trinajstić information content (AvgIpc) is 2.85. The van der Waals surface area contributed by atoms with Gasteiger partial charge in [0.15, 0.2) is 5.17 Å². The largest absolute Gasteiger partial charge is 0.416 e. The van der Waals surface area contributed by atoms with E-state index in [1.54, 1.807) is 12.1 Å². The maximum Gasteiger partial charge on any atom is 0.416 e. The maximum atomic E-state index is 13.2. The van der Waals surface area contributed by atoms with Crippen molar-refractivity contribution in [2.45, 2.75) is 24.3 Å². The Morgan fingerprint density at radius 2 is 1.78 bits per heavy atom. The van der Waals surface area contributed by atoms with Gasteiger partial charge in [-0.25, -0.2) is 9.38 Å². The van der Waals surface area contributed by atoms with Crippen LogP contribution in [0.3, 0.4) is 0 Å². The number of anilines is 1. The van der Waals surface area contributed by atoms with Crippen LogP contribution in [-0.4, -0.2) is 33.7 Å². The highest BCUT2D eigenvalue weighted by Gasteiger charge is 2.36. The summed E-state index contributed by atoms with van der Waals surface area (Å²) >= 11 is 6.92. The number of alkyl halides is 3. The predicted octanol–water partition coefficient (Wildman–Crippen LogP) is 6.70. The summed E-state index contributed by atoms with van der Waals surface area (Å²) in [5.41, 5.74) is 0.374. The van der Waals surface area contributed by atoms with E-state index in [2.05, 4.69) is 10.3 Å². The third-order valence-corrected chi connectivity index (χ3v) is 6.92. The molecule has 1 saturated heterocycles. The maximum absolute atomic E-state index is 13.2. The normalized spacial score (nSPS) is 17.2. The third kappa shape index (κ3) is 7.11. The van der Waals surface area contributed by atoms with Crippen LogP contribution in [0, 0.1) is 5.82 Å². The lowest BCUT2D eigenvalue weighted by Crippen LogP contribution is -2.46. The van der Waals surface area contributed by atoms with E-state index in [1.165, 1.54) is 41.3 Å². The van der Waals surface area contributed by atoms with Crippen LogP contribution in [0.4, 0.5) is 28.9 Å². The highest BCUT2D eigenvalue weighted by atomic mass is 35.5. The molecule has 3 aromatic rings. The number of rotatable bonds is 6. The van der Waals surface area contributed by atoms with Crippen LogP contribution in [-0.2, 0) is 22.2 Å². The molecule has 1 atom stereocenters. The summed E-state index contributed by atoms with van der Waals surface area (Å²) in [4.78, 5) is 31.7. The fourth-order valence-corrected chi connectivity index (χ4v) is 4.82. The van der Waals surface area contributed by atoms with Crippen LogP contribution in [0.1, 0.15) is 17.5 Å². The zero-order valence-corrected chi connectivity index (χ0v) is 20.7. The summed E-state index contributed by atoms with van der Waals surface area (Å²) in [6.45, 7) is 0.206. The van der Waals surface area contributed by atoms with Crippen LogP contribution in [0.5, 0.6) is 0 Å². The number of amidine groups is 1. The van der Waals surface area contributed by atoms with Crippen molar-refractivity contribution in [1.82, 2.24) is 4.90 Å². The third-order valence-electron chi connectivity index (χ3n) is 5.48. The zero-order valence-electron chi connectivity index (χ0n) is 19.1. The summed E-state index contributed by atoms with van der Waals surface area (Å²) in [6.07, 6.45) is -4.25. The van der Waals surface area contributed by atoms with Crippen LogP contribution in [0.15, 0.2) is 77.8 Å². The minimum Gasteiger partial charge on any atom is -0.325 e. The quantitative estimate of drug-likeness (QED) is 0.348. The molecule has 0 bridgehead atoms. The van der Waals surface area contributed by atoms with E-state index in [0.29, 0.717) is 17.1 Å². The van der Waals surface area contributed by atoms with Crippen molar-refractivity contribution in [1.29, 1.82) is 0 Å². The van der Waals surface area contributed by atoms with Gasteiger partial charge in [-0.3, -0.25) is 14.5 Å². The first kappa shape index (κ1) is 26.7. The monoisotopic (exact) mass is 549 g/mol. The molecule has 11 heteroatoms. The molecule has 0 spiro atoms. The van der Waals surface area contributed by atoms with Gasteiger partial charge in [-0.1, -0.05) is 41.6 Å². The zero-order chi connectivity index (χ0) is 26.6. The van der Waals surface area contributed by atoms with Crippen molar-refractivity contribution in [3.05, 3.63) is 94.8 Å². The van der Waals surface area contributed by atoms with Gasteiger partial charge in [0.05, 0.1) is 11.3 Å². The summed E-state index contributed by atoms with van der Waals surface area (Å²) < 4.78 is 52.8. The number of aliphatic imine (C=N–C) groups is 1. The smallest absolute Gasteiger partial charge is 0.325 e. The Labute approximate surface area is 219 Å². The topological polar surface area (TPSA) is 61.8 Å². The fourth-order valence-electron chi connectivity index (χ4n) is 3.57. The lowest BCUT2D eigenvalue weighted by molar-refractivity contribution is -0.137. The van der Waals surface area contributed by atoms with E-state index in [1.807, 2.05) is 12.1 Å². The van der Waals surface area contributed by atoms with E-state index in [4.69, 9.17) is 11.6 Å². The van der Waals surface area contributed by atoms with E-state index < -0.39 is 34.6 Å². The first-order chi connectivity index (χ1) is 17.6. The second-order valence-electron chi connectivity index (χ2n) is 8.17. The Hall–Kier alpha value is -3.37. The minimum atomic E-state index is -4.56. The molecule has 0 radical (unpaired) electrons. The highest BCUT2D eigenvalue weighted by molar-refractivity contribution is 8.15. The number of hydrogen-bond donors (Lipinski definition) is 1. The number of carbonyl (C=O) groups excluding carboxylic acids is 2. The molecular formula is C26H20ClF4N3O2S. The second kappa shape index (κ2) is 11.4. The molecule has 2 amide bonds. The number of nitrogens with one attached hydrogen (secondary N) is 1. The molecule has 5 nitrogen and oxygen atoms in total. The van der Waals surface area contributed by atoms with Gasteiger partial charge in [0.1, 0.15) is 11.1 Å². The molecule has 3 aromatic carbocycles. The standard InChI is InChI=1S/C26H20ClF4N3O2S/c27-18-6-4-16(5-7-18)12-13-34-23(35)15-22(24(36)32-20-10-8-19(28)9-11-20)37-25(34)33-21-3-1-2-17(14-21)26(29,30)31/h1-11,14,22H,12-13,15H2,(H,32,36). The van der Waals surface area contributed by atoms with Crippen LogP contribution in [0.2, 0.25) is 5.02 Å². The number of benzene rings is 3. The second-order valence-corrected chi connectivity index (χ2v) is 9.78. The van der Waals surface area contributed by atoms with E-state index in [0.717, 1.165) is 29.5 Å². The molecule has 0 aliphatic carbocycles. The van der Waals surface area contributed by atoms with Gasteiger partial charge < -0.3 is 5.32 Å². The number of halogens is 5. The average molecular weight is 550 g/mol. The Kier molecular flexibility index (Phi) is 8.19. The van der Waals surface area contributed by atoms with Gasteiger partial charge >= 0.3 is 6.18 Å². The van der Waals surface area contributed by atoms with Gasteiger partial charge in [-0.2, -0.15) is 13.2 Å². The first-order valence-electron chi connectivity index (χ1n) is 11.1. The summed E-state index contributed by atoms with van der Waals surface area (Å²) in [6, 6.07) is 16.7. The molecule has 1 N–H and O–H groups in total. The molecular weight excluding hydrogens is 530 g/mol. The van der Waals surface area contributed by atoms with E-state index >= 15 is 0 Å². The fraction of sp³-hybridized carbons (Fsp3) is 0.192. The summed E-state index contributed by atoms with van der Waals surface area (Å²) in [5.74, 6) is -1.36.